The number of nitrogens with zero attached hydrogens (tertiary/aromatic N) is 1. The fourth-order valence-electron chi connectivity index (χ4n) is 4.75. The predicted octanol–water partition coefficient (Wildman–Crippen LogP) is 3.88. The third-order valence-corrected chi connectivity index (χ3v) is 6.71. The first-order valence-corrected chi connectivity index (χ1v) is 12.3. The van der Waals surface area contributed by atoms with Crippen LogP contribution in [0.5, 0.6) is 11.5 Å². The number of rotatable bonds is 11. The van der Waals surface area contributed by atoms with Crippen LogP contribution < -0.4 is 9.47 Å². The maximum atomic E-state index is 13.5. The summed E-state index contributed by atoms with van der Waals surface area (Å²) >= 11 is 0. The van der Waals surface area contributed by atoms with Crippen LogP contribution in [0.4, 0.5) is 0 Å². The molecule has 2 aromatic rings. The van der Waals surface area contributed by atoms with E-state index in [4.69, 9.17) is 14.2 Å². The molecule has 0 aliphatic carbocycles. The molecule has 1 amide bonds. The molecule has 3 atom stereocenters. The molecule has 0 unspecified atom stereocenters. The summed E-state index contributed by atoms with van der Waals surface area (Å²) in [5, 5.41) is 9.92. The molecule has 0 saturated carbocycles. The molecule has 0 fully saturated rings. The zero-order valence-electron chi connectivity index (χ0n) is 21.4. The van der Waals surface area contributed by atoms with Gasteiger partial charge in [-0.15, -0.1) is 0 Å². The Morgan fingerprint density at radius 3 is 2.28 bits per heavy atom. The van der Waals surface area contributed by atoms with Gasteiger partial charge in [-0.1, -0.05) is 37.3 Å². The average molecular weight is 498 g/mol. The molecule has 194 valence electrons. The third kappa shape index (κ3) is 6.36. The summed E-state index contributed by atoms with van der Waals surface area (Å²) < 4.78 is 16.0. The largest absolute Gasteiger partial charge is 0.493 e. The Bertz CT molecular complexity index is 1070. The molecule has 2 aromatic carbocycles. The molecule has 36 heavy (non-hydrogen) atoms. The Labute approximate surface area is 212 Å². The number of ether oxygens (including phenoxy) is 3. The summed E-state index contributed by atoms with van der Waals surface area (Å²) in [5.41, 5.74) is 2.73. The lowest BCUT2D eigenvalue weighted by Crippen LogP contribution is -2.50. The summed E-state index contributed by atoms with van der Waals surface area (Å²) in [6.45, 7) is 3.91. The molecule has 0 radical (unpaired) electrons. The maximum Gasteiger partial charge on any atom is 0.326 e. The average Bonchev–Trinajstić information content (AvgIpc) is 2.89. The molecule has 8 nitrogen and oxygen atoms in total. The predicted molar refractivity (Wildman–Crippen MR) is 134 cm³/mol. The van der Waals surface area contributed by atoms with Crippen LogP contribution in [0.15, 0.2) is 42.5 Å². The van der Waals surface area contributed by atoms with E-state index in [1.807, 2.05) is 30.3 Å². The van der Waals surface area contributed by atoms with Crippen LogP contribution in [0.1, 0.15) is 43.4 Å². The molecule has 0 bridgehead atoms. The van der Waals surface area contributed by atoms with Gasteiger partial charge in [0.2, 0.25) is 5.91 Å². The molecule has 1 heterocycles. The summed E-state index contributed by atoms with van der Waals surface area (Å²) in [5.74, 6) is -1.67. The van der Waals surface area contributed by atoms with Gasteiger partial charge >= 0.3 is 11.9 Å². The molecule has 1 N–H and O–H groups in total. The lowest BCUT2D eigenvalue weighted by molar-refractivity contribution is -0.155. The van der Waals surface area contributed by atoms with Crippen LogP contribution >= 0.6 is 0 Å². The molecular formula is C28H35NO7. The number of carbonyl (C=O) groups is 3. The fraction of sp³-hybridized carbons (Fsp3) is 0.464. The van der Waals surface area contributed by atoms with Gasteiger partial charge in [0.15, 0.2) is 11.5 Å². The Kier molecular flexibility index (Phi) is 9.33. The van der Waals surface area contributed by atoms with E-state index in [9.17, 15) is 19.5 Å². The van der Waals surface area contributed by atoms with Gasteiger partial charge in [0.25, 0.3) is 0 Å². The van der Waals surface area contributed by atoms with Crippen molar-refractivity contribution in [1.82, 2.24) is 4.90 Å². The molecule has 8 heteroatoms. The smallest absolute Gasteiger partial charge is 0.326 e. The van der Waals surface area contributed by atoms with Crippen molar-refractivity contribution in [2.24, 2.45) is 11.8 Å². The topological polar surface area (TPSA) is 102 Å². The van der Waals surface area contributed by atoms with Crippen molar-refractivity contribution in [3.63, 3.8) is 0 Å². The van der Waals surface area contributed by atoms with Crippen molar-refractivity contribution < 1.29 is 33.7 Å². The van der Waals surface area contributed by atoms with Crippen LogP contribution in [-0.2, 0) is 38.5 Å². The summed E-state index contributed by atoms with van der Waals surface area (Å²) in [7, 11) is 3.06. The first-order chi connectivity index (χ1) is 17.3. The number of hydrogen-bond acceptors (Lipinski definition) is 6. The van der Waals surface area contributed by atoms with E-state index in [0.29, 0.717) is 24.3 Å². The van der Waals surface area contributed by atoms with Crippen LogP contribution in [0.25, 0.3) is 0 Å². The van der Waals surface area contributed by atoms with Crippen LogP contribution in [-0.4, -0.2) is 54.7 Å². The molecule has 3 rings (SSSR count). The maximum absolute atomic E-state index is 13.5. The van der Waals surface area contributed by atoms with Crippen molar-refractivity contribution in [2.45, 2.75) is 52.1 Å². The highest BCUT2D eigenvalue weighted by atomic mass is 16.5. The minimum Gasteiger partial charge on any atom is -0.493 e. The number of amides is 1. The van der Waals surface area contributed by atoms with Gasteiger partial charge in [-0.05, 0) is 55.0 Å². The normalized spacial score (nSPS) is 16.4. The molecule has 0 spiro atoms. The Balaban J connectivity index is 1.79. The number of benzene rings is 2. The van der Waals surface area contributed by atoms with Crippen molar-refractivity contribution in [1.29, 1.82) is 0 Å². The number of aliphatic carboxylic acids is 1. The molecular weight excluding hydrogens is 462 g/mol. The van der Waals surface area contributed by atoms with Crippen molar-refractivity contribution in [3.05, 3.63) is 59.2 Å². The van der Waals surface area contributed by atoms with Crippen LogP contribution in [0, 0.1) is 11.8 Å². The Morgan fingerprint density at radius 2 is 1.69 bits per heavy atom. The third-order valence-electron chi connectivity index (χ3n) is 6.71. The monoisotopic (exact) mass is 497 g/mol. The minimum absolute atomic E-state index is 0.143. The molecule has 0 aromatic heterocycles. The van der Waals surface area contributed by atoms with Gasteiger partial charge < -0.3 is 24.2 Å². The first kappa shape index (κ1) is 27.0. The van der Waals surface area contributed by atoms with Crippen LogP contribution in [0.2, 0.25) is 0 Å². The summed E-state index contributed by atoms with van der Waals surface area (Å²) in [6.07, 6.45) is 1.68. The number of methoxy groups -OCH3 is 2. The van der Waals surface area contributed by atoms with Crippen molar-refractivity contribution in [3.8, 4) is 11.5 Å². The van der Waals surface area contributed by atoms with Gasteiger partial charge in [-0.25, -0.2) is 4.79 Å². The number of hydrogen-bond donors (Lipinski definition) is 1. The van der Waals surface area contributed by atoms with E-state index in [1.54, 1.807) is 26.0 Å². The van der Waals surface area contributed by atoms with E-state index >= 15 is 0 Å². The number of carboxylic acid groups (broad SMARTS) is 1. The van der Waals surface area contributed by atoms with Crippen molar-refractivity contribution in [2.75, 3.05) is 20.8 Å². The van der Waals surface area contributed by atoms with Crippen LogP contribution in [0.3, 0.4) is 0 Å². The second-order valence-electron chi connectivity index (χ2n) is 9.11. The second-order valence-corrected chi connectivity index (χ2v) is 9.11. The minimum atomic E-state index is -1.07. The number of esters is 1. The van der Waals surface area contributed by atoms with Gasteiger partial charge in [0.05, 0.1) is 26.7 Å². The molecule has 0 saturated heterocycles. The second kappa shape index (κ2) is 12.4. The van der Waals surface area contributed by atoms with Gasteiger partial charge in [-0.3, -0.25) is 9.59 Å². The zero-order chi connectivity index (χ0) is 26.2. The highest BCUT2D eigenvalue weighted by Gasteiger charge is 2.38. The lowest BCUT2D eigenvalue weighted by Gasteiger charge is -2.36. The first-order valence-electron chi connectivity index (χ1n) is 12.3. The SMILES string of the molecule is CCOC(=O)[C@H](CCc1ccccc1)C[C@@H](C)C(=O)N1Cc2cc(OC)c(OC)cc2C[C@H]1C(=O)O. The Morgan fingerprint density at radius 1 is 1.06 bits per heavy atom. The van der Waals surface area contributed by atoms with E-state index in [-0.39, 0.29) is 37.9 Å². The van der Waals surface area contributed by atoms with E-state index in [1.165, 1.54) is 19.1 Å². The summed E-state index contributed by atoms with van der Waals surface area (Å²) in [6, 6.07) is 12.4. The highest BCUT2D eigenvalue weighted by molar-refractivity contribution is 5.86. The highest BCUT2D eigenvalue weighted by Crippen LogP contribution is 2.35. The van der Waals surface area contributed by atoms with E-state index in [2.05, 4.69) is 0 Å². The number of aryl methyl sites for hydroxylation is 1. The quantitative estimate of drug-likeness (QED) is 0.470. The fourth-order valence-corrected chi connectivity index (χ4v) is 4.75. The molecule has 1 aliphatic rings. The zero-order valence-corrected chi connectivity index (χ0v) is 21.4. The lowest BCUT2D eigenvalue weighted by atomic mass is 9.87. The van der Waals surface area contributed by atoms with E-state index in [0.717, 1.165) is 16.7 Å². The van der Waals surface area contributed by atoms with Gasteiger partial charge in [0, 0.05) is 18.9 Å². The summed E-state index contributed by atoms with van der Waals surface area (Å²) in [4.78, 5) is 39.8. The standard InChI is InChI=1S/C28H35NO7/c1-5-36-28(33)20(12-11-19-9-7-6-8-10-19)13-18(2)26(30)29-17-22-16-25(35-4)24(34-3)15-21(22)14-23(29)27(31)32/h6-10,15-16,18,20,23H,5,11-14,17H2,1-4H3,(H,31,32)/t18-,20-,23+/m1/s1. The van der Waals surface area contributed by atoms with Crippen molar-refractivity contribution >= 4 is 17.8 Å². The van der Waals surface area contributed by atoms with E-state index < -0.39 is 23.8 Å². The molecule has 1 aliphatic heterocycles. The number of fused-ring (bicyclic) bond motifs is 1. The van der Waals surface area contributed by atoms with Gasteiger partial charge in [0.1, 0.15) is 6.04 Å². The number of carbonyl (C=O) groups excluding carboxylic acids is 2. The Hall–Kier alpha value is -3.55. The number of carboxylic acids is 1. The van der Waals surface area contributed by atoms with Gasteiger partial charge in [-0.2, -0.15) is 0 Å².